The molecule has 2 aromatic carbocycles. The monoisotopic (exact) mass is 528 g/mol. The van der Waals surface area contributed by atoms with Gasteiger partial charge in [-0.25, -0.2) is 4.98 Å². The second-order valence-corrected chi connectivity index (χ2v) is 16.1. The van der Waals surface area contributed by atoms with Crippen LogP contribution in [-0.2, 0) is 13.9 Å². The molecule has 1 saturated heterocycles. The molecule has 0 spiro atoms. The predicted molar refractivity (Wildman–Crippen MR) is 145 cm³/mol. The summed E-state index contributed by atoms with van der Waals surface area (Å²) in [7, 11) is -2.85. The Morgan fingerprint density at radius 1 is 1.00 bits per heavy atom. The van der Waals surface area contributed by atoms with Crippen LogP contribution < -0.4 is 16.1 Å². The number of ether oxygens (including phenoxy) is 2. The summed E-state index contributed by atoms with van der Waals surface area (Å²) in [6.45, 7) is 10.1. The maximum atomic E-state index is 11.4. The Kier molecular flexibility index (Phi) is 7.73. The smallest absolute Gasteiger partial charge is 0.261 e. The largest absolute Gasteiger partial charge is 0.405 e. The topological polar surface area (TPSA) is 107 Å². The van der Waals surface area contributed by atoms with E-state index in [2.05, 4.69) is 50.0 Å². The van der Waals surface area contributed by atoms with Crippen molar-refractivity contribution in [1.82, 2.24) is 4.98 Å². The van der Waals surface area contributed by atoms with Gasteiger partial charge in [0.1, 0.15) is 24.4 Å². The van der Waals surface area contributed by atoms with Gasteiger partial charge in [-0.1, -0.05) is 92.8 Å². The maximum absolute atomic E-state index is 11.4. The summed E-state index contributed by atoms with van der Waals surface area (Å²) < 4.78 is 19.0. The van der Waals surface area contributed by atoms with Crippen LogP contribution in [0.2, 0.25) is 5.04 Å². The molecule has 1 fully saturated rings. The predicted octanol–water partition coefficient (Wildman–Crippen LogP) is 3.22. The number of rotatable bonds is 8. The minimum Gasteiger partial charge on any atom is -0.405 e. The Morgan fingerprint density at radius 2 is 1.53 bits per heavy atom. The molecular formula is C27H36N2O5SSi. The maximum Gasteiger partial charge on any atom is 0.261 e. The van der Waals surface area contributed by atoms with Crippen molar-refractivity contribution in [2.75, 3.05) is 12.3 Å². The van der Waals surface area contributed by atoms with Crippen molar-refractivity contribution >= 4 is 35.2 Å². The van der Waals surface area contributed by atoms with E-state index in [0.717, 1.165) is 10.4 Å². The SMILES string of the molecule is CC1(C)O[C@H]([C@H](O)CO[Si](c2ccccc2)(c2ccccc2)C(C)(C)C)[C@@H](C(O)c2cnc(N)s2)O1. The molecule has 1 aliphatic rings. The van der Waals surface area contributed by atoms with E-state index in [1.54, 1.807) is 13.8 Å². The number of aliphatic hydroxyl groups is 2. The zero-order valence-corrected chi connectivity index (χ0v) is 23.2. The highest BCUT2D eigenvalue weighted by Crippen LogP contribution is 2.40. The number of nitrogens with two attached hydrogens (primary N) is 1. The van der Waals surface area contributed by atoms with E-state index in [0.29, 0.717) is 10.0 Å². The third kappa shape index (κ3) is 5.28. The van der Waals surface area contributed by atoms with Crippen LogP contribution in [0.15, 0.2) is 66.9 Å². The van der Waals surface area contributed by atoms with Crippen LogP contribution in [0, 0.1) is 0 Å². The van der Waals surface area contributed by atoms with Gasteiger partial charge in [-0.2, -0.15) is 0 Å². The number of benzene rings is 2. The molecule has 3 aromatic rings. The summed E-state index contributed by atoms with van der Waals surface area (Å²) in [5.74, 6) is -0.981. The molecule has 4 rings (SSSR count). The highest BCUT2D eigenvalue weighted by atomic mass is 32.1. The molecule has 1 unspecified atom stereocenters. The van der Waals surface area contributed by atoms with Crippen molar-refractivity contribution in [2.45, 2.75) is 69.9 Å². The first-order valence-corrected chi connectivity index (χ1v) is 14.8. The zero-order chi connectivity index (χ0) is 26.1. The summed E-state index contributed by atoms with van der Waals surface area (Å²) >= 11 is 1.19. The molecule has 0 radical (unpaired) electrons. The lowest BCUT2D eigenvalue weighted by Crippen LogP contribution is -2.67. The Morgan fingerprint density at radius 3 is 2.00 bits per heavy atom. The molecule has 9 heteroatoms. The minimum atomic E-state index is -2.85. The quantitative estimate of drug-likeness (QED) is 0.386. The van der Waals surface area contributed by atoms with Crippen molar-refractivity contribution in [3.8, 4) is 0 Å². The van der Waals surface area contributed by atoms with E-state index in [9.17, 15) is 10.2 Å². The standard InChI is InChI=1S/C27H36N2O5SSi/c1-26(2,3)36(18-12-8-6-9-13-18,19-14-10-7-11-15-19)32-17-20(30)23-24(34-27(4,5)33-23)22(31)21-16-29-25(28)35-21/h6-16,20,22-24,30-31H,17H2,1-5H3,(H2,28,29)/t20-,22?,23-,24-/m1/s1. The van der Waals surface area contributed by atoms with Gasteiger partial charge in [-0.05, 0) is 29.3 Å². The number of aromatic nitrogens is 1. The van der Waals surface area contributed by atoms with E-state index >= 15 is 0 Å². The van der Waals surface area contributed by atoms with Gasteiger partial charge in [-0.3, -0.25) is 0 Å². The third-order valence-corrected chi connectivity index (χ3v) is 12.5. The van der Waals surface area contributed by atoms with Gasteiger partial charge in [0.25, 0.3) is 8.32 Å². The summed E-state index contributed by atoms with van der Waals surface area (Å²) in [6.07, 6.45) is -2.18. The molecule has 1 aromatic heterocycles. The number of hydrogen-bond donors (Lipinski definition) is 3. The summed E-state index contributed by atoms with van der Waals surface area (Å²) in [5.41, 5.74) is 5.77. The van der Waals surface area contributed by atoms with Gasteiger partial charge in [0.15, 0.2) is 10.9 Å². The fourth-order valence-electron chi connectivity index (χ4n) is 5.03. The van der Waals surface area contributed by atoms with Crippen molar-refractivity contribution in [2.24, 2.45) is 0 Å². The van der Waals surface area contributed by atoms with Crippen LogP contribution in [0.4, 0.5) is 5.13 Å². The number of thiazole rings is 1. The third-order valence-electron chi connectivity index (χ3n) is 6.57. The van der Waals surface area contributed by atoms with Crippen molar-refractivity contribution in [3.05, 3.63) is 71.7 Å². The molecule has 1 aliphatic heterocycles. The molecule has 0 bridgehead atoms. The first-order valence-electron chi connectivity index (χ1n) is 12.1. The molecule has 2 heterocycles. The lowest BCUT2D eigenvalue weighted by Gasteiger charge is -2.43. The number of nitrogen functional groups attached to an aromatic ring is 1. The zero-order valence-electron chi connectivity index (χ0n) is 21.4. The van der Waals surface area contributed by atoms with Gasteiger partial charge in [0.2, 0.25) is 0 Å². The average Bonchev–Trinajstić information content (AvgIpc) is 3.42. The molecule has 194 valence electrons. The highest BCUT2D eigenvalue weighted by Gasteiger charge is 2.53. The van der Waals surface area contributed by atoms with Gasteiger partial charge in [-0.15, -0.1) is 0 Å². The number of nitrogens with zero attached hydrogens (tertiary/aromatic N) is 1. The van der Waals surface area contributed by atoms with Crippen molar-refractivity contribution in [3.63, 3.8) is 0 Å². The molecule has 0 aliphatic carbocycles. The summed E-state index contributed by atoms with van der Waals surface area (Å²) in [5, 5.41) is 24.8. The van der Waals surface area contributed by atoms with Crippen LogP contribution in [0.1, 0.15) is 45.6 Å². The van der Waals surface area contributed by atoms with Gasteiger partial charge >= 0.3 is 0 Å². The van der Waals surface area contributed by atoms with Crippen molar-refractivity contribution in [1.29, 1.82) is 0 Å². The molecular weight excluding hydrogens is 492 g/mol. The molecule has 0 saturated carbocycles. The van der Waals surface area contributed by atoms with Crippen LogP contribution in [0.5, 0.6) is 0 Å². The Hall–Kier alpha value is -2.11. The van der Waals surface area contributed by atoms with Crippen LogP contribution in [-0.4, -0.2) is 54.2 Å². The van der Waals surface area contributed by atoms with Crippen LogP contribution >= 0.6 is 11.3 Å². The molecule has 4 N–H and O–H groups in total. The normalized spacial score (nSPS) is 21.9. The lowest BCUT2D eigenvalue weighted by atomic mass is 10.0. The molecule has 0 amide bonds. The average molecular weight is 529 g/mol. The fraction of sp³-hybridized carbons (Fsp3) is 0.444. The van der Waals surface area contributed by atoms with Gasteiger partial charge in [0.05, 0.1) is 11.5 Å². The van der Waals surface area contributed by atoms with Crippen molar-refractivity contribution < 1.29 is 24.1 Å². The number of anilines is 1. The van der Waals surface area contributed by atoms with Crippen LogP contribution in [0.3, 0.4) is 0 Å². The van der Waals surface area contributed by atoms with Gasteiger partial charge < -0.3 is 29.8 Å². The number of hydrogen-bond acceptors (Lipinski definition) is 8. The first kappa shape index (κ1) is 26.9. The van der Waals surface area contributed by atoms with Gasteiger partial charge in [0, 0.05) is 6.20 Å². The minimum absolute atomic E-state index is 0.0193. The van der Waals surface area contributed by atoms with E-state index in [1.165, 1.54) is 17.5 Å². The van der Waals surface area contributed by atoms with Crippen LogP contribution in [0.25, 0.3) is 0 Å². The fourth-order valence-corrected chi connectivity index (χ4v) is 10.3. The summed E-state index contributed by atoms with van der Waals surface area (Å²) in [6, 6.07) is 20.5. The summed E-state index contributed by atoms with van der Waals surface area (Å²) in [4.78, 5) is 4.60. The second-order valence-electron chi connectivity index (χ2n) is 10.7. The van der Waals surface area contributed by atoms with E-state index in [-0.39, 0.29) is 11.6 Å². The Labute approximate surface area is 218 Å². The highest BCUT2D eigenvalue weighted by molar-refractivity contribution is 7.15. The second kappa shape index (κ2) is 10.3. The molecule has 4 atom stereocenters. The lowest BCUT2D eigenvalue weighted by molar-refractivity contribution is -0.161. The first-order chi connectivity index (χ1) is 16.9. The van der Waals surface area contributed by atoms with E-state index in [4.69, 9.17) is 19.6 Å². The Balaban J connectivity index is 1.65. The van der Waals surface area contributed by atoms with E-state index < -0.39 is 38.5 Å². The number of aliphatic hydroxyl groups excluding tert-OH is 2. The Bertz CT molecular complexity index is 1100. The molecule has 36 heavy (non-hydrogen) atoms. The molecule has 7 nitrogen and oxygen atoms in total. The van der Waals surface area contributed by atoms with E-state index in [1.807, 2.05) is 36.4 Å².